The van der Waals surface area contributed by atoms with Gasteiger partial charge in [0.1, 0.15) is 11.5 Å². The van der Waals surface area contributed by atoms with Gasteiger partial charge in [0.15, 0.2) is 0 Å². The van der Waals surface area contributed by atoms with Gasteiger partial charge in [0.2, 0.25) is 0 Å². The summed E-state index contributed by atoms with van der Waals surface area (Å²) in [4.78, 5) is 9.99. The first-order chi connectivity index (χ1) is 12.4. The number of hydrogen-bond acceptors (Lipinski definition) is 3. The summed E-state index contributed by atoms with van der Waals surface area (Å²) in [5, 5.41) is 10.6. The second kappa shape index (κ2) is 7.09. The number of nitro benzene ring substituents is 1. The molecule has 27 heavy (non-hydrogen) atoms. The highest BCUT2D eigenvalue weighted by atomic mass is 19.4. The number of hydrogen-bond donors (Lipinski definition) is 0. The van der Waals surface area contributed by atoms with Crippen molar-refractivity contribution in [2.24, 2.45) is 0 Å². The topological polar surface area (TPSA) is 52.4 Å². The lowest BCUT2D eigenvalue weighted by atomic mass is 9.92. The SMILES string of the molecule is Cc1cc(C(F)(C(F)F)C(F)(F)F)cc(C)c1Oc1ccc([N+](=O)[O-])cc1. The molecule has 0 heterocycles. The highest BCUT2D eigenvalue weighted by Crippen LogP contribution is 2.48. The number of halogens is 6. The number of non-ortho nitro benzene ring substituents is 1. The monoisotopic (exact) mass is 393 g/mol. The van der Waals surface area contributed by atoms with Crippen molar-refractivity contribution in [2.45, 2.75) is 32.1 Å². The van der Waals surface area contributed by atoms with Crippen LogP contribution in [0.4, 0.5) is 32.0 Å². The highest BCUT2D eigenvalue weighted by Gasteiger charge is 2.64. The van der Waals surface area contributed by atoms with E-state index in [0.29, 0.717) is 12.1 Å². The van der Waals surface area contributed by atoms with Crippen LogP contribution in [-0.4, -0.2) is 17.5 Å². The van der Waals surface area contributed by atoms with Crippen LogP contribution in [0.25, 0.3) is 0 Å². The Morgan fingerprint density at radius 2 is 1.48 bits per heavy atom. The fraction of sp³-hybridized carbons (Fsp3) is 0.294. The van der Waals surface area contributed by atoms with E-state index in [1.54, 1.807) is 0 Å². The van der Waals surface area contributed by atoms with E-state index < -0.39 is 28.8 Å². The zero-order chi connectivity index (χ0) is 20.6. The van der Waals surface area contributed by atoms with Crippen LogP contribution in [0.5, 0.6) is 11.5 Å². The molecule has 0 saturated carbocycles. The molecule has 2 rings (SSSR count). The van der Waals surface area contributed by atoms with Crippen LogP contribution in [0.2, 0.25) is 0 Å². The Morgan fingerprint density at radius 3 is 1.85 bits per heavy atom. The third-order valence-electron chi connectivity index (χ3n) is 3.86. The Kier molecular flexibility index (Phi) is 5.39. The Balaban J connectivity index is 2.43. The fourth-order valence-corrected chi connectivity index (χ4v) is 2.49. The van der Waals surface area contributed by atoms with Gasteiger partial charge in [-0.25, -0.2) is 13.2 Å². The quantitative estimate of drug-likeness (QED) is 0.356. The number of benzene rings is 2. The van der Waals surface area contributed by atoms with Crippen molar-refractivity contribution < 1.29 is 36.0 Å². The average molecular weight is 393 g/mol. The summed E-state index contributed by atoms with van der Waals surface area (Å²) in [7, 11) is 0. The molecule has 0 aliphatic rings. The van der Waals surface area contributed by atoms with E-state index in [9.17, 15) is 36.5 Å². The molecule has 0 spiro atoms. The number of nitro groups is 1. The Labute approximate surface area is 149 Å². The van der Waals surface area contributed by atoms with E-state index in [-0.39, 0.29) is 28.3 Å². The lowest BCUT2D eigenvalue weighted by Gasteiger charge is -2.28. The summed E-state index contributed by atoms with van der Waals surface area (Å²) in [6.45, 7) is 2.55. The van der Waals surface area contributed by atoms with Crippen molar-refractivity contribution in [3.05, 3.63) is 63.2 Å². The molecule has 0 aromatic heterocycles. The summed E-state index contributed by atoms with van der Waals surface area (Å²) < 4.78 is 84.2. The van der Waals surface area contributed by atoms with Gasteiger partial charge in [0.05, 0.1) is 4.92 Å². The van der Waals surface area contributed by atoms with Gasteiger partial charge < -0.3 is 4.74 Å². The zero-order valence-corrected chi connectivity index (χ0v) is 14.0. The third kappa shape index (κ3) is 3.83. The van der Waals surface area contributed by atoms with Crippen LogP contribution in [0, 0.1) is 24.0 Å². The average Bonchev–Trinajstić information content (AvgIpc) is 2.56. The molecule has 4 nitrogen and oxygen atoms in total. The molecule has 0 fully saturated rings. The number of nitrogens with zero attached hydrogens (tertiary/aromatic N) is 1. The van der Waals surface area contributed by atoms with E-state index in [0.717, 1.165) is 12.1 Å². The van der Waals surface area contributed by atoms with Crippen LogP contribution in [0.15, 0.2) is 36.4 Å². The normalized spacial score (nSPS) is 14.1. The van der Waals surface area contributed by atoms with E-state index in [1.165, 1.54) is 26.0 Å². The predicted molar refractivity (Wildman–Crippen MR) is 83.9 cm³/mol. The van der Waals surface area contributed by atoms with Gasteiger partial charge in [0, 0.05) is 17.7 Å². The molecular weight excluding hydrogens is 380 g/mol. The second-order valence-corrected chi connectivity index (χ2v) is 5.80. The zero-order valence-electron chi connectivity index (χ0n) is 14.0. The van der Waals surface area contributed by atoms with E-state index in [4.69, 9.17) is 4.74 Å². The highest BCUT2D eigenvalue weighted by molar-refractivity contribution is 5.48. The van der Waals surface area contributed by atoms with Crippen LogP contribution in [-0.2, 0) is 5.67 Å². The Bertz CT molecular complexity index is 828. The first-order valence-corrected chi connectivity index (χ1v) is 7.45. The molecule has 0 aliphatic heterocycles. The van der Waals surface area contributed by atoms with Gasteiger partial charge in [-0.2, -0.15) is 13.2 Å². The summed E-state index contributed by atoms with van der Waals surface area (Å²) in [6.07, 6.45) is -10.1. The minimum atomic E-state index is -5.80. The molecule has 146 valence electrons. The van der Waals surface area contributed by atoms with Gasteiger partial charge in [-0.3, -0.25) is 10.1 Å². The molecule has 2 aromatic rings. The van der Waals surface area contributed by atoms with Crippen LogP contribution in [0.3, 0.4) is 0 Å². The number of rotatable bonds is 5. The van der Waals surface area contributed by atoms with Crippen LogP contribution >= 0.6 is 0 Å². The lowest BCUT2D eigenvalue weighted by molar-refractivity contribution is -0.384. The van der Waals surface area contributed by atoms with Gasteiger partial charge in [-0.1, -0.05) is 0 Å². The maximum Gasteiger partial charge on any atom is 0.432 e. The van der Waals surface area contributed by atoms with E-state index >= 15 is 0 Å². The maximum atomic E-state index is 14.2. The number of ether oxygens (including phenoxy) is 1. The first kappa shape index (κ1) is 20.5. The largest absolute Gasteiger partial charge is 0.457 e. The second-order valence-electron chi connectivity index (χ2n) is 5.80. The Morgan fingerprint density at radius 1 is 1.00 bits per heavy atom. The molecule has 2 aromatic carbocycles. The molecule has 10 heteroatoms. The predicted octanol–water partition coefficient (Wildman–Crippen LogP) is 6.00. The van der Waals surface area contributed by atoms with Crippen LogP contribution < -0.4 is 4.74 Å². The van der Waals surface area contributed by atoms with Crippen molar-refractivity contribution in [3.8, 4) is 11.5 Å². The Hall–Kier alpha value is -2.78. The van der Waals surface area contributed by atoms with Gasteiger partial charge in [0.25, 0.3) is 17.8 Å². The van der Waals surface area contributed by atoms with Gasteiger partial charge in [-0.15, -0.1) is 0 Å². The lowest BCUT2D eigenvalue weighted by Crippen LogP contribution is -2.44. The number of alkyl halides is 6. The van der Waals surface area contributed by atoms with Crippen molar-refractivity contribution in [1.29, 1.82) is 0 Å². The molecule has 0 saturated heterocycles. The van der Waals surface area contributed by atoms with Crippen LogP contribution in [0.1, 0.15) is 16.7 Å². The van der Waals surface area contributed by atoms with Crippen molar-refractivity contribution >= 4 is 5.69 Å². The molecule has 0 radical (unpaired) electrons. The fourth-order valence-electron chi connectivity index (χ4n) is 2.49. The molecule has 0 N–H and O–H groups in total. The minimum absolute atomic E-state index is 0.00437. The minimum Gasteiger partial charge on any atom is -0.457 e. The van der Waals surface area contributed by atoms with Crippen molar-refractivity contribution in [1.82, 2.24) is 0 Å². The molecule has 0 aliphatic carbocycles. The molecular formula is C17H13F6NO3. The van der Waals surface area contributed by atoms with Crippen molar-refractivity contribution in [3.63, 3.8) is 0 Å². The molecule has 0 bridgehead atoms. The maximum absolute atomic E-state index is 14.2. The van der Waals surface area contributed by atoms with Gasteiger partial charge in [-0.05, 0) is 49.2 Å². The summed E-state index contributed by atoms with van der Waals surface area (Å²) in [6, 6.07) is 6.13. The smallest absolute Gasteiger partial charge is 0.432 e. The van der Waals surface area contributed by atoms with Crippen molar-refractivity contribution in [2.75, 3.05) is 0 Å². The number of aryl methyl sites for hydroxylation is 2. The summed E-state index contributed by atoms with van der Waals surface area (Å²) >= 11 is 0. The van der Waals surface area contributed by atoms with E-state index in [2.05, 4.69) is 0 Å². The standard InChI is InChI=1S/C17H13F6NO3/c1-9-7-11(16(20,15(18)19)17(21,22)23)8-10(2)14(9)27-13-5-3-12(4-6-13)24(25)26/h3-8,15H,1-2H3. The van der Waals surface area contributed by atoms with E-state index in [1.807, 2.05) is 0 Å². The molecule has 1 unspecified atom stereocenters. The molecule has 1 atom stereocenters. The summed E-state index contributed by atoms with van der Waals surface area (Å²) in [5.74, 6) is 0.169. The molecule has 0 amide bonds. The van der Waals surface area contributed by atoms with Gasteiger partial charge >= 0.3 is 6.18 Å². The first-order valence-electron chi connectivity index (χ1n) is 7.45. The summed E-state index contributed by atoms with van der Waals surface area (Å²) in [5.41, 5.74) is -6.24. The third-order valence-corrected chi connectivity index (χ3v) is 3.86.